The van der Waals surface area contributed by atoms with Gasteiger partial charge in [0.25, 0.3) is 0 Å². The highest BCUT2D eigenvalue weighted by Crippen LogP contribution is 2.41. The molecular formula is C26H32FN3O3S. The third-order valence-electron chi connectivity index (χ3n) is 5.59. The number of nitrogens with zero attached hydrogens (tertiary/aromatic N) is 2. The first-order valence-electron chi connectivity index (χ1n) is 11.1. The van der Waals surface area contributed by atoms with Gasteiger partial charge in [0.2, 0.25) is 5.91 Å². The van der Waals surface area contributed by atoms with Crippen molar-refractivity contribution in [2.24, 2.45) is 0 Å². The molecule has 0 aliphatic carbocycles. The largest absolute Gasteiger partial charge is 0.493 e. The summed E-state index contributed by atoms with van der Waals surface area (Å²) in [7, 11) is 3.22. The topological polar surface area (TPSA) is 65.4 Å². The Hall–Kier alpha value is -3.00. The summed E-state index contributed by atoms with van der Waals surface area (Å²) >= 11 is 1.36. The van der Waals surface area contributed by atoms with E-state index >= 15 is 0 Å². The lowest BCUT2D eigenvalue weighted by molar-refractivity contribution is -0.119. The zero-order valence-electron chi connectivity index (χ0n) is 20.7. The average molecular weight is 486 g/mol. The Morgan fingerprint density at radius 1 is 1.12 bits per heavy atom. The summed E-state index contributed by atoms with van der Waals surface area (Å²) in [6.07, 6.45) is 0. The maximum atomic E-state index is 13.7. The van der Waals surface area contributed by atoms with E-state index in [1.807, 2.05) is 43.5 Å². The van der Waals surface area contributed by atoms with Crippen LogP contribution in [0.4, 0.5) is 4.39 Å². The Morgan fingerprint density at radius 2 is 1.76 bits per heavy atom. The number of hydrogen-bond donors (Lipinski definition) is 1. The molecule has 1 N–H and O–H groups in total. The molecule has 0 fully saturated rings. The number of carbonyl (C=O) groups excluding carboxylic acids is 1. The number of nitrogens with one attached hydrogen (secondary N) is 1. The molecule has 182 valence electrons. The molecule has 1 aromatic heterocycles. The number of carbonyl (C=O) groups is 1. The number of halogens is 1. The smallest absolute Gasteiger partial charge is 0.230 e. The molecule has 1 heterocycles. The predicted molar refractivity (Wildman–Crippen MR) is 134 cm³/mol. The summed E-state index contributed by atoms with van der Waals surface area (Å²) in [6.45, 7) is 10.0. The van der Waals surface area contributed by atoms with Crippen LogP contribution in [0.3, 0.4) is 0 Å². The lowest BCUT2D eigenvalue weighted by Gasteiger charge is -2.29. The van der Waals surface area contributed by atoms with Crippen molar-refractivity contribution in [3.63, 3.8) is 0 Å². The summed E-state index contributed by atoms with van der Waals surface area (Å²) < 4.78 is 26.7. The van der Waals surface area contributed by atoms with Crippen molar-refractivity contribution in [3.05, 3.63) is 65.2 Å². The Kier molecular flexibility index (Phi) is 7.92. The number of amides is 1. The maximum Gasteiger partial charge on any atom is 0.230 e. The number of benzene rings is 2. The molecule has 2 aromatic carbocycles. The molecule has 0 unspecified atom stereocenters. The fourth-order valence-corrected chi connectivity index (χ4v) is 4.89. The van der Waals surface area contributed by atoms with E-state index in [1.54, 1.807) is 26.4 Å². The molecule has 0 saturated carbocycles. The lowest BCUT2D eigenvalue weighted by atomic mass is 9.80. The van der Waals surface area contributed by atoms with Gasteiger partial charge in [-0.2, -0.15) is 0 Å². The van der Waals surface area contributed by atoms with E-state index < -0.39 is 5.41 Å². The molecule has 0 saturated heterocycles. The van der Waals surface area contributed by atoms with E-state index in [9.17, 15) is 9.18 Å². The molecule has 0 aliphatic heterocycles. The summed E-state index contributed by atoms with van der Waals surface area (Å²) in [5.41, 5.74) is 3.06. The summed E-state index contributed by atoms with van der Waals surface area (Å²) in [4.78, 5) is 17.1. The summed E-state index contributed by atoms with van der Waals surface area (Å²) in [5.74, 6) is 1.14. The normalized spacial score (nSPS) is 11.6. The van der Waals surface area contributed by atoms with E-state index in [0.717, 1.165) is 22.6 Å². The summed E-state index contributed by atoms with van der Waals surface area (Å²) in [5, 5.41) is 3.58. The van der Waals surface area contributed by atoms with Gasteiger partial charge < -0.3 is 14.8 Å². The van der Waals surface area contributed by atoms with Crippen LogP contribution in [0.1, 0.15) is 44.6 Å². The SMILES string of the molecule is COc1ccc(C(C)(C)c2c(C)nc(SCC(=O)NC(C)C)n2-c2ccc(F)cc2)cc1OC. The second kappa shape index (κ2) is 10.5. The Labute approximate surface area is 204 Å². The molecule has 34 heavy (non-hydrogen) atoms. The second-order valence-electron chi connectivity index (χ2n) is 8.85. The number of hydrogen-bond acceptors (Lipinski definition) is 5. The maximum absolute atomic E-state index is 13.7. The predicted octanol–water partition coefficient (Wildman–Crippen LogP) is 5.28. The Balaban J connectivity index is 2.13. The van der Waals surface area contributed by atoms with Gasteiger partial charge in [0.15, 0.2) is 16.7 Å². The molecule has 0 radical (unpaired) electrons. The van der Waals surface area contributed by atoms with Gasteiger partial charge in [0, 0.05) is 17.1 Å². The lowest BCUT2D eigenvalue weighted by Crippen LogP contribution is -2.31. The van der Waals surface area contributed by atoms with Crippen molar-refractivity contribution in [1.29, 1.82) is 0 Å². The van der Waals surface area contributed by atoms with Crippen LogP contribution in [0, 0.1) is 12.7 Å². The molecule has 0 atom stereocenters. The number of aromatic nitrogens is 2. The first-order chi connectivity index (χ1) is 16.1. The molecule has 0 aliphatic rings. The number of methoxy groups -OCH3 is 2. The standard InChI is InChI=1S/C26H32FN3O3S/c1-16(2)28-23(31)15-34-25-29-17(3)24(30(25)20-11-9-19(27)10-12-20)26(4,5)18-8-13-21(32-6)22(14-18)33-7/h8-14,16H,15H2,1-7H3,(H,28,31). The minimum atomic E-state index is -0.496. The van der Waals surface area contributed by atoms with Crippen LogP contribution in [0.5, 0.6) is 11.5 Å². The highest BCUT2D eigenvalue weighted by Gasteiger charge is 2.33. The van der Waals surface area contributed by atoms with Gasteiger partial charge in [-0.05, 0) is 62.7 Å². The highest BCUT2D eigenvalue weighted by atomic mass is 32.2. The zero-order valence-corrected chi connectivity index (χ0v) is 21.5. The monoisotopic (exact) mass is 485 g/mol. The van der Waals surface area contributed by atoms with E-state index in [-0.39, 0.29) is 23.5 Å². The Bertz CT molecular complexity index is 1160. The quantitative estimate of drug-likeness (QED) is 0.418. The van der Waals surface area contributed by atoms with Crippen molar-refractivity contribution in [2.45, 2.75) is 51.2 Å². The summed E-state index contributed by atoms with van der Waals surface area (Å²) in [6, 6.07) is 12.2. The second-order valence-corrected chi connectivity index (χ2v) is 9.79. The van der Waals surface area contributed by atoms with E-state index in [4.69, 9.17) is 14.5 Å². The van der Waals surface area contributed by atoms with E-state index in [1.165, 1.54) is 23.9 Å². The molecule has 8 heteroatoms. The van der Waals surface area contributed by atoms with Crippen molar-refractivity contribution in [2.75, 3.05) is 20.0 Å². The number of ether oxygens (including phenoxy) is 2. The van der Waals surface area contributed by atoms with Crippen molar-refractivity contribution >= 4 is 17.7 Å². The van der Waals surface area contributed by atoms with Crippen molar-refractivity contribution < 1.29 is 18.7 Å². The van der Waals surface area contributed by atoms with Gasteiger partial charge in [-0.1, -0.05) is 31.7 Å². The number of rotatable bonds is 9. The van der Waals surface area contributed by atoms with Gasteiger partial charge in [0.1, 0.15) is 5.82 Å². The number of thioether (sulfide) groups is 1. The molecular weight excluding hydrogens is 453 g/mol. The van der Waals surface area contributed by atoms with Gasteiger partial charge in [-0.3, -0.25) is 9.36 Å². The third kappa shape index (κ3) is 5.38. The first-order valence-corrected chi connectivity index (χ1v) is 12.1. The fraction of sp³-hybridized carbons (Fsp3) is 0.385. The van der Waals surface area contributed by atoms with Crippen LogP contribution in [0.15, 0.2) is 47.6 Å². The van der Waals surface area contributed by atoms with Crippen LogP contribution >= 0.6 is 11.8 Å². The van der Waals surface area contributed by atoms with Crippen LogP contribution in [-0.2, 0) is 10.2 Å². The van der Waals surface area contributed by atoms with Crippen LogP contribution in [0.25, 0.3) is 5.69 Å². The minimum absolute atomic E-state index is 0.0613. The molecule has 3 rings (SSSR count). The zero-order chi connectivity index (χ0) is 25.0. The molecule has 6 nitrogen and oxygen atoms in total. The van der Waals surface area contributed by atoms with Crippen molar-refractivity contribution in [3.8, 4) is 17.2 Å². The van der Waals surface area contributed by atoms with Crippen molar-refractivity contribution in [1.82, 2.24) is 14.9 Å². The van der Waals surface area contributed by atoms with E-state index in [2.05, 4.69) is 19.2 Å². The number of aryl methyl sites for hydroxylation is 1. The molecule has 0 bridgehead atoms. The first kappa shape index (κ1) is 25.6. The highest BCUT2D eigenvalue weighted by molar-refractivity contribution is 7.99. The van der Waals surface area contributed by atoms with Crippen LogP contribution in [0.2, 0.25) is 0 Å². The van der Waals surface area contributed by atoms with Crippen LogP contribution in [-0.4, -0.2) is 41.5 Å². The van der Waals surface area contributed by atoms with Crippen LogP contribution < -0.4 is 14.8 Å². The molecule has 1 amide bonds. The van der Waals surface area contributed by atoms with Gasteiger partial charge in [0.05, 0.1) is 31.4 Å². The van der Waals surface area contributed by atoms with Gasteiger partial charge in [-0.25, -0.2) is 9.37 Å². The van der Waals surface area contributed by atoms with Gasteiger partial charge in [-0.15, -0.1) is 0 Å². The fourth-order valence-electron chi connectivity index (χ4n) is 4.02. The van der Waals surface area contributed by atoms with Gasteiger partial charge >= 0.3 is 0 Å². The molecule has 0 spiro atoms. The van der Waals surface area contributed by atoms with E-state index in [0.29, 0.717) is 16.7 Å². The molecule has 3 aromatic rings. The third-order valence-corrected chi connectivity index (χ3v) is 6.52. The average Bonchev–Trinajstić information content (AvgIpc) is 3.14. The number of imidazole rings is 1. The Morgan fingerprint density at radius 3 is 2.35 bits per heavy atom. The minimum Gasteiger partial charge on any atom is -0.493 e.